The number of hydrogen-bond acceptors (Lipinski definition) is 4. The number of H-pyrrole nitrogens is 1. The van der Waals surface area contributed by atoms with Crippen molar-refractivity contribution in [1.29, 1.82) is 0 Å². The molecule has 0 saturated heterocycles. The van der Waals surface area contributed by atoms with Crippen molar-refractivity contribution in [3.63, 3.8) is 0 Å². The summed E-state index contributed by atoms with van der Waals surface area (Å²) in [7, 11) is 0. The number of hydrogen-bond donors (Lipinski definition) is 3. The van der Waals surface area contributed by atoms with Crippen molar-refractivity contribution in [3.05, 3.63) is 65.0 Å². The molecule has 0 radical (unpaired) electrons. The maximum atomic E-state index is 13.1. The van der Waals surface area contributed by atoms with Gasteiger partial charge in [0.15, 0.2) is 0 Å². The van der Waals surface area contributed by atoms with E-state index in [0.29, 0.717) is 13.1 Å². The van der Waals surface area contributed by atoms with E-state index in [0.717, 1.165) is 33.9 Å². The van der Waals surface area contributed by atoms with Crippen molar-refractivity contribution in [2.24, 2.45) is 0 Å². The molecule has 0 aliphatic rings. The quantitative estimate of drug-likeness (QED) is 0.641. The summed E-state index contributed by atoms with van der Waals surface area (Å²) >= 11 is 0. The van der Waals surface area contributed by atoms with Gasteiger partial charge in [-0.3, -0.25) is 5.10 Å². The molecule has 2 aromatic heterocycles. The first-order valence-electron chi connectivity index (χ1n) is 8.15. The number of aromatic nitrogens is 2. The highest BCUT2D eigenvalue weighted by Crippen LogP contribution is 2.27. The van der Waals surface area contributed by atoms with Crippen LogP contribution < -0.4 is 5.32 Å². The van der Waals surface area contributed by atoms with Crippen molar-refractivity contribution in [1.82, 2.24) is 15.5 Å². The third-order valence-electron chi connectivity index (χ3n) is 4.26. The Bertz CT molecular complexity index is 850. The zero-order valence-electron chi connectivity index (χ0n) is 14.6. The first-order chi connectivity index (χ1) is 11.9. The topological polar surface area (TPSA) is 74.1 Å². The van der Waals surface area contributed by atoms with Gasteiger partial charge in [0.2, 0.25) is 0 Å². The van der Waals surface area contributed by atoms with Crippen molar-refractivity contribution < 1.29 is 13.9 Å². The molecule has 0 aliphatic carbocycles. The number of aliphatic hydroxyl groups is 1. The maximum Gasteiger partial charge on any atom is 0.123 e. The molecule has 3 N–H and O–H groups in total. The average Bonchev–Trinajstić information content (AvgIpc) is 3.14. The Balaban J connectivity index is 1.68. The second-order valence-electron chi connectivity index (χ2n) is 6.48. The molecular weight excluding hydrogens is 321 g/mol. The van der Waals surface area contributed by atoms with Crippen LogP contribution >= 0.6 is 0 Å². The summed E-state index contributed by atoms with van der Waals surface area (Å²) in [6.45, 7) is 6.35. The molecule has 0 fully saturated rings. The van der Waals surface area contributed by atoms with Crippen molar-refractivity contribution >= 4 is 0 Å². The molecule has 0 spiro atoms. The van der Waals surface area contributed by atoms with Crippen LogP contribution in [-0.2, 0) is 12.1 Å². The van der Waals surface area contributed by atoms with Gasteiger partial charge < -0.3 is 14.8 Å². The first kappa shape index (κ1) is 17.4. The summed E-state index contributed by atoms with van der Waals surface area (Å²) in [5.74, 6) is 1.23. The highest BCUT2D eigenvalue weighted by molar-refractivity contribution is 5.62. The van der Waals surface area contributed by atoms with E-state index in [1.807, 2.05) is 19.9 Å². The molecular formula is C19H22FN3O2. The average molecular weight is 343 g/mol. The van der Waals surface area contributed by atoms with Crippen molar-refractivity contribution in [2.45, 2.75) is 32.9 Å². The summed E-state index contributed by atoms with van der Waals surface area (Å²) in [5.41, 5.74) is 2.39. The minimum Gasteiger partial charge on any atom is -0.466 e. The van der Waals surface area contributed by atoms with Crippen LogP contribution in [0.3, 0.4) is 0 Å². The Morgan fingerprint density at radius 2 is 2.00 bits per heavy atom. The molecule has 25 heavy (non-hydrogen) atoms. The number of benzene rings is 1. The lowest BCUT2D eigenvalue weighted by Crippen LogP contribution is -2.35. The Morgan fingerprint density at radius 1 is 1.28 bits per heavy atom. The van der Waals surface area contributed by atoms with Crippen molar-refractivity contribution in [2.75, 3.05) is 6.54 Å². The van der Waals surface area contributed by atoms with Gasteiger partial charge in [0, 0.05) is 29.8 Å². The van der Waals surface area contributed by atoms with Gasteiger partial charge in [0.25, 0.3) is 0 Å². The van der Waals surface area contributed by atoms with Gasteiger partial charge in [-0.25, -0.2) is 4.39 Å². The van der Waals surface area contributed by atoms with E-state index in [1.165, 1.54) is 12.1 Å². The van der Waals surface area contributed by atoms with E-state index in [1.54, 1.807) is 25.3 Å². The highest BCUT2D eigenvalue weighted by atomic mass is 19.1. The van der Waals surface area contributed by atoms with Crippen LogP contribution in [-0.4, -0.2) is 21.8 Å². The van der Waals surface area contributed by atoms with E-state index in [-0.39, 0.29) is 5.82 Å². The minimum atomic E-state index is -1.04. The van der Waals surface area contributed by atoms with Gasteiger partial charge in [0.1, 0.15) is 22.9 Å². The normalized spacial score (nSPS) is 13.8. The van der Waals surface area contributed by atoms with E-state index in [4.69, 9.17) is 4.42 Å². The second-order valence-corrected chi connectivity index (χ2v) is 6.48. The Labute approximate surface area is 145 Å². The molecule has 1 atom stereocenters. The van der Waals surface area contributed by atoms with Crippen LogP contribution in [0, 0.1) is 19.7 Å². The van der Waals surface area contributed by atoms with Crippen LogP contribution in [0.25, 0.3) is 11.3 Å². The van der Waals surface area contributed by atoms with Gasteiger partial charge in [-0.1, -0.05) is 0 Å². The maximum absolute atomic E-state index is 13.1. The van der Waals surface area contributed by atoms with Crippen molar-refractivity contribution in [3.8, 4) is 11.3 Å². The molecule has 0 saturated carbocycles. The van der Waals surface area contributed by atoms with Crippen LogP contribution in [0.2, 0.25) is 0 Å². The van der Waals surface area contributed by atoms with E-state index >= 15 is 0 Å². The van der Waals surface area contributed by atoms with E-state index in [9.17, 15) is 9.50 Å². The second kappa shape index (κ2) is 6.82. The molecule has 132 valence electrons. The smallest absolute Gasteiger partial charge is 0.123 e. The molecule has 2 heterocycles. The summed E-state index contributed by atoms with van der Waals surface area (Å²) in [4.78, 5) is 0. The molecule has 3 aromatic rings. The Morgan fingerprint density at radius 3 is 2.64 bits per heavy atom. The standard InChI is InChI=1S/C19H22FN3O2/c1-12-8-17(13(2)25-12)19(3,24)11-21-9-15-10-22-23-18(15)14-4-6-16(20)7-5-14/h4-8,10,21,24H,9,11H2,1-3H3,(H,22,23). The summed E-state index contributed by atoms with van der Waals surface area (Å²) < 4.78 is 18.6. The SMILES string of the molecule is Cc1cc(C(C)(O)CNCc2cn[nH]c2-c2ccc(F)cc2)c(C)o1. The van der Waals surface area contributed by atoms with Crippen LogP contribution in [0.5, 0.6) is 0 Å². The number of aromatic amines is 1. The molecule has 6 heteroatoms. The number of halogens is 1. The fourth-order valence-electron chi connectivity index (χ4n) is 3.01. The number of rotatable bonds is 6. The fraction of sp³-hybridized carbons (Fsp3) is 0.316. The first-order valence-corrected chi connectivity index (χ1v) is 8.15. The number of nitrogens with zero attached hydrogens (tertiary/aromatic N) is 1. The molecule has 0 amide bonds. The summed E-state index contributed by atoms with van der Waals surface area (Å²) in [6.07, 6.45) is 1.73. The molecule has 3 rings (SSSR count). The zero-order valence-corrected chi connectivity index (χ0v) is 14.6. The third kappa shape index (κ3) is 3.81. The lowest BCUT2D eigenvalue weighted by atomic mass is 9.96. The van der Waals surface area contributed by atoms with E-state index < -0.39 is 5.60 Å². The molecule has 1 unspecified atom stereocenters. The lowest BCUT2D eigenvalue weighted by molar-refractivity contribution is 0.0552. The predicted molar refractivity (Wildman–Crippen MR) is 93.4 cm³/mol. The fourth-order valence-corrected chi connectivity index (χ4v) is 3.01. The zero-order chi connectivity index (χ0) is 18.0. The monoisotopic (exact) mass is 343 g/mol. The minimum absolute atomic E-state index is 0.273. The van der Waals surface area contributed by atoms with Crippen LogP contribution in [0.15, 0.2) is 40.9 Å². The van der Waals surface area contributed by atoms with Gasteiger partial charge in [-0.15, -0.1) is 0 Å². The number of nitrogens with one attached hydrogen (secondary N) is 2. The number of aryl methyl sites for hydroxylation is 2. The molecule has 0 bridgehead atoms. The summed E-state index contributed by atoms with van der Waals surface area (Å²) in [6, 6.07) is 8.11. The van der Waals surface area contributed by atoms with Gasteiger partial charge in [0.05, 0.1) is 11.9 Å². The Kier molecular flexibility index (Phi) is 4.74. The molecule has 0 aliphatic heterocycles. The predicted octanol–water partition coefficient (Wildman–Crippen LogP) is 3.42. The molecule has 1 aromatic carbocycles. The third-order valence-corrected chi connectivity index (χ3v) is 4.26. The lowest BCUT2D eigenvalue weighted by Gasteiger charge is -2.23. The van der Waals surface area contributed by atoms with Gasteiger partial charge in [-0.2, -0.15) is 5.10 Å². The van der Waals surface area contributed by atoms with Gasteiger partial charge in [-0.05, 0) is 51.1 Å². The van der Waals surface area contributed by atoms with Gasteiger partial charge >= 0.3 is 0 Å². The Hall–Kier alpha value is -2.44. The number of furan rings is 1. The summed E-state index contributed by atoms with van der Waals surface area (Å²) in [5, 5.41) is 21.0. The van der Waals surface area contributed by atoms with Crippen LogP contribution in [0.1, 0.15) is 29.6 Å². The molecule has 5 nitrogen and oxygen atoms in total. The van der Waals surface area contributed by atoms with E-state index in [2.05, 4.69) is 15.5 Å². The largest absolute Gasteiger partial charge is 0.466 e. The van der Waals surface area contributed by atoms with Crippen LogP contribution in [0.4, 0.5) is 4.39 Å². The highest BCUT2D eigenvalue weighted by Gasteiger charge is 2.27.